The summed E-state index contributed by atoms with van der Waals surface area (Å²) >= 11 is 0. The third kappa shape index (κ3) is 1.57. The lowest BCUT2D eigenvalue weighted by molar-refractivity contribution is 0.484. The number of aromatic amines is 1. The van der Waals surface area contributed by atoms with Gasteiger partial charge in [0.05, 0.1) is 6.04 Å². The zero-order valence-corrected chi connectivity index (χ0v) is 12.1. The van der Waals surface area contributed by atoms with Crippen molar-refractivity contribution in [2.75, 3.05) is 0 Å². The molecule has 1 aromatic carbocycles. The summed E-state index contributed by atoms with van der Waals surface area (Å²) in [4.78, 5) is 3.70. The minimum absolute atomic E-state index is 0.473. The lowest BCUT2D eigenvalue weighted by Gasteiger charge is -2.24. The molecule has 1 atom stereocenters. The van der Waals surface area contributed by atoms with Crippen molar-refractivity contribution in [2.45, 2.75) is 39.2 Å². The molecular formula is C18H20N2. The Balaban J connectivity index is 1.98. The van der Waals surface area contributed by atoms with Gasteiger partial charge in [0.25, 0.3) is 0 Å². The third-order valence-electron chi connectivity index (χ3n) is 4.86. The normalized spacial score (nSPS) is 18.4. The van der Waals surface area contributed by atoms with Crippen molar-refractivity contribution in [1.82, 2.24) is 9.55 Å². The SMILES string of the molecule is Cc1ccc2[nH]c3c(c2c1C)CCCC3n1cccc1. The van der Waals surface area contributed by atoms with E-state index in [-0.39, 0.29) is 0 Å². The highest BCUT2D eigenvalue weighted by Crippen LogP contribution is 2.38. The van der Waals surface area contributed by atoms with Gasteiger partial charge < -0.3 is 9.55 Å². The Morgan fingerprint density at radius 2 is 1.95 bits per heavy atom. The maximum Gasteiger partial charge on any atom is 0.0732 e. The first-order valence-electron chi connectivity index (χ1n) is 7.49. The number of hydrogen-bond donors (Lipinski definition) is 1. The molecule has 3 aromatic rings. The molecule has 0 bridgehead atoms. The van der Waals surface area contributed by atoms with Gasteiger partial charge in [0.2, 0.25) is 0 Å². The highest BCUT2D eigenvalue weighted by atomic mass is 15.0. The molecule has 2 heterocycles. The molecule has 1 aliphatic rings. The van der Waals surface area contributed by atoms with Crippen LogP contribution >= 0.6 is 0 Å². The van der Waals surface area contributed by atoms with Gasteiger partial charge in [-0.2, -0.15) is 0 Å². The zero-order chi connectivity index (χ0) is 13.7. The molecule has 0 amide bonds. The average Bonchev–Trinajstić information content (AvgIpc) is 3.09. The van der Waals surface area contributed by atoms with E-state index in [0.717, 1.165) is 0 Å². The van der Waals surface area contributed by atoms with Crippen LogP contribution in [0.3, 0.4) is 0 Å². The number of fused-ring (bicyclic) bond motifs is 3. The summed E-state index contributed by atoms with van der Waals surface area (Å²) in [6.07, 6.45) is 8.08. The first-order chi connectivity index (χ1) is 9.75. The maximum absolute atomic E-state index is 3.70. The van der Waals surface area contributed by atoms with Crippen molar-refractivity contribution in [1.29, 1.82) is 0 Å². The number of nitrogens with one attached hydrogen (secondary N) is 1. The predicted octanol–water partition coefficient (Wildman–Crippen LogP) is 4.51. The molecule has 4 rings (SSSR count). The van der Waals surface area contributed by atoms with Crippen LogP contribution < -0.4 is 0 Å². The first-order valence-corrected chi connectivity index (χ1v) is 7.49. The van der Waals surface area contributed by atoms with Gasteiger partial charge in [-0.15, -0.1) is 0 Å². The molecule has 1 N–H and O–H groups in total. The van der Waals surface area contributed by atoms with E-state index in [4.69, 9.17) is 0 Å². The minimum Gasteiger partial charge on any atom is -0.356 e. The van der Waals surface area contributed by atoms with Gasteiger partial charge in [-0.1, -0.05) is 6.07 Å². The first kappa shape index (κ1) is 11.8. The second-order valence-corrected chi connectivity index (χ2v) is 5.99. The maximum atomic E-state index is 3.70. The largest absolute Gasteiger partial charge is 0.356 e. The summed E-state index contributed by atoms with van der Waals surface area (Å²) < 4.78 is 2.34. The van der Waals surface area contributed by atoms with Crippen molar-refractivity contribution in [3.63, 3.8) is 0 Å². The molecular weight excluding hydrogens is 244 g/mol. The Kier molecular flexibility index (Phi) is 2.53. The molecule has 0 radical (unpaired) electrons. The summed E-state index contributed by atoms with van der Waals surface area (Å²) in [6, 6.07) is 9.17. The topological polar surface area (TPSA) is 20.7 Å². The summed E-state index contributed by atoms with van der Waals surface area (Å²) in [7, 11) is 0. The van der Waals surface area contributed by atoms with Crippen LogP contribution in [0.25, 0.3) is 10.9 Å². The Morgan fingerprint density at radius 3 is 2.75 bits per heavy atom. The monoisotopic (exact) mass is 264 g/mol. The molecule has 0 fully saturated rings. The van der Waals surface area contributed by atoms with E-state index in [1.807, 2.05) is 0 Å². The number of rotatable bonds is 1. The Morgan fingerprint density at radius 1 is 1.15 bits per heavy atom. The standard InChI is InChI=1S/C18H20N2/c1-12-8-9-15-17(13(12)2)14-6-5-7-16(18(14)19-15)20-10-3-4-11-20/h3-4,8-11,16,19H,5-7H2,1-2H3. The molecule has 102 valence electrons. The van der Waals surface area contributed by atoms with Crippen molar-refractivity contribution in [3.05, 3.63) is 59.0 Å². The molecule has 0 saturated heterocycles. The molecule has 1 aliphatic carbocycles. The molecule has 1 unspecified atom stereocenters. The van der Waals surface area contributed by atoms with E-state index in [2.05, 4.69) is 60.1 Å². The van der Waals surface area contributed by atoms with Crippen LogP contribution in [0.4, 0.5) is 0 Å². The highest BCUT2D eigenvalue weighted by Gasteiger charge is 2.25. The van der Waals surface area contributed by atoms with Gasteiger partial charge in [-0.3, -0.25) is 0 Å². The molecule has 0 aliphatic heterocycles. The number of hydrogen-bond acceptors (Lipinski definition) is 0. The molecule has 2 nitrogen and oxygen atoms in total. The van der Waals surface area contributed by atoms with Crippen molar-refractivity contribution in [2.24, 2.45) is 0 Å². The predicted molar refractivity (Wildman–Crippen MR) is 83.3 cm³/mol. The lowest BCUT2D eigenvalue weighted by Crippen LogP contribution is -2.15. The van der Waals surface area contributed by atoms with Gasteiger partial charge in [0, 0.05) is 29.0 Å². The fourth-order valence-corrected chi connectivity index (χ4v) is 3.68. The van der Waals surface area contributed by atoms with Gasteiger partial charge in [-0.25, -0.2) is 0 Å². The lowest BCUT2D eigenvalue weighted by atomic mass is 9.90. The fraction of sp³-hybridized carbons (Fsp3) is 0.333. The Hall–Kier alpha value is -1.96. The smallest absolute Gasteiger partial charge is 0.0732 e. The summed E-state index contributed by atoms with van der Waals surface area (Å²) in [5.41, 5.74) is 7.11. The van der Waals surface area contributed by atoms with E-state index in [9.17, 15) is 0 Å². The third-order valence-corrected chi connectivity index (χ3v) is 4.86. The minimum atomic E-state index is 0.473. The van der Waals surface area contributed by atoms with Crippen LogP contribution in [-0.2, 0) is 6.42 Å². The number of aromatic nitrogens is 2. The Bertz CT molecular complexity index is 762. The highest BCUT2D eigenvalue weighted by molar-refractivity contribution is 5.89. The molecule has 2 aromatic heterocycles. The zero-order valence-electron chi connectivity index (χ0n) is 12.1. The summed E-state index contributed by atoms with van der Waals surface area (Å²) in [5, 5.41) is 1.47. The van der Waals surface area contributed by atoms with Gasteiger partial charge in [0.1, 0.15) is 0 Å². The second kappa shape index (κ2) is 4.27. The van der Waals surface area contributed by atoms with E-state index < -0.39 is 0 Å². The number of aryl methyl sites for hydroxylation is 3. The van der Waals surface area contributed by atoms with Crippen LogP contribution in [0.2, 0.25) is 0 Å². The molecule has 2 heteroatoms. The van der Waals surface area contributed by atoms with E-state index in [0.29, 0.717) is 6.04 Å². The number of nitrogens with zero attached hydrogens (tertiary/aromatic N) is 1. The molecule has 20 heavy (non-hydrogen) atoms. The van der Waals surface area contributed by atoms with E-state index in [1.54, 1.807) is 5.56 Å². The van der Waals surface area contributed by atoms with Crippen LogP contribution in [-0.4, -0.2) is 9.55 Å². The quantitative estimate of drug-likeness (QED) is 0.667. The van der Waals surface area contributed by atoms with Crippen LogP contribution in [0, 0.1) is 13.8 Å². The number of benzene rings is 1. The second-order valence-electron chi connectivity index (χ2n) is 5.99. The van der Waals surface area contributed by atoms with Crippen LogP contribution in [0.15, 0.2) is 36.7 Å². The van der Waals surface area contributed by atoms with Crippen LogP contribution in [0.1, 0.15) is 41.3 Å². The number of H-pyrrole nitrogens is 1. The summed E-state index contributed by atoms with van der Waals surface area (Å²) in [6.45, 7) is 4.46. The van der Waals surface area contributed by atoms with Crippen molar-refractivity contribution in [3.8, 4) is 0 Å². The van der Waals surface area contributed by atoms with E-state index in [1.165, 1.54) is 47.0 Å². The van der Waals surface area contributed by atoms with Gasteiger partial charge in [0.15, 0.2) is 0 Å². The van der Waals surface area contributed by atoms with Crippen molar-refractivity contribution < 1.29 is 0 Å². The molecule has 0 saturated carbocycles. The average molecular weight is 264 g/mol. The van der Waals surface area contributed by atoms with Crippen LogP contribution in [0.5, 0.6) is 0 Å². The molecule has 0 spiro atoms. The Labute approximate surface area is 119 Å². The van der Waals surface area contributed by atoms with Crippen molar-refractivity contribution >= 4 is 10.9 Å². The summed E-state index contributed by atoms with van der Waals surface area (Å²) in [5.74, 6) is 0. The fourth-order valence-electron chi connectivity index (χ4n) is 3.68. The van der Waals surface area contributed by atoms with E-state index >= 15 is 0 Å². The van der Waals surface area contributed by atoms with Gasteiger partial charge >= 0.3 is 0 Å². The van der Waals surface area contributed by atoms with Gasteiger partial charge in [-0.05, 0) is 68.0 Å².